The van der Waals surface area contributed by atoms with Gasteiger partial charge in [0.15, 0.2) is 0 Å². The Morgan fingerprint density at radius 2 is 1.67 bits per heavy atom. The molecule has 1 aliphatic heterocycles. The molecule has 1 saturated heterocycles. The molecular weight excluding hydrogens is 376 g/mol. The lowest BCUT2D eigenvalue weighted by molar-refractivity contribution is -0.136. The van der Waals surface area contributed by atoms with Crippen LogP contribution in [0.15, 0.2) is 0 Å². The summed E-state index contributed by atoms with van der Waals surface area (Å²) in [5, 5.41) is 10.7. The van der Waals surface area contributed by atoms with E-state index < -0.39 is 0 Å². The van der Waals surface area contributed by atoms with Gasteiger partial charge in [-0.1, -0.05) is 0 Å². The standard InChI is InChI=1S/C24H36N4O2/c1-14-21(15(2)27-26-14)3-4-22(29)28-7-5-18(6-8-28)24(30)25-23-19-10-16-9-17(12-19)13-20(23)11-16/h16-20,23H,3-13H2,1-2H3,(H,25,30)(H,26,27). The van der Waals surface area contributed by atoms with E-state index in [0.29, 0.717) is 25.6 Å². The second kappa shape index (κ2) is 8.01. The number of aromatic amines is 1. The van der Waals surface area contributed by atoms with Gasteiger partial charge in [0.25, 0.3) is 0 Å². The number of piperidine rings is 1. The van der Waals surface area contributed by atoms with Crippen LogP contribution in [0.3, 0.4) is 0 Å². The minimum Gasteiger partial charge on any atom is -0.353 e. The van der Waals surface area contributed by atoms with Crippen LogP contribution in [-0.4, -0.2) is 46.0 Å². The summed E-state index contributed by atoms with van der Waals surface area (Å²) in [5.41, 5.74) is 3.20. The molecule has 0 aromatic carbocycles. The van der Waals surface area contributed by atoms with E-state index in [4.69, 9.17) is 0 Å². The largest absolute Gasteiger partial charge is 0.353 e. The van der Waals surface area contributed by atoms with Crippen LogP contribution < -0.4 is 5.32 Å². The number of aryl methyl sites for hydroxylation is 2. The lowest BCUT2D eigenvalue weighted by atomic mass is 9.54. The van der Waals surface area contributed by atoms with Crippen molar-refractivity contribution in [1.29, 1.82) is 0 Å². The third kappa shape index (κ3) is 3.78. The molecule has 0 atom stereocenters. The van der Waals surface area contributed by atoms with E-state index in [0.717, 1.165) is 59.9 Å². The van der Waals surface area contributed by atoms with Gasteiger partial charge in [0.1, 0.15) is 0 Å². The van der Waals surface area contributed by atoms with Crippen LogP contribution in [0.5, 0.6) is 0 Å². The monoisotopic (exact) mass is 412 g/mol. The summed E-state index contributed by atoms with van der Waals surface area (Å²) in [5.74, 6) is 3.85. The predicted octanol–water partition coefficient (Wildman–Crippen LogP) is 3.14. The molecule has 6 rings (SSSR count). The Bertz CT molecular complexity index is 761. The first-order valence-electron chi connectivity index (χ1n) is 12.1. The fourth-order valence-electron chi connectivity index (χ4n) is 7.17. The van der Waals surface area contributed by atoms with Gasteiger partial charge in [0.05, 0.1) is 5.69 Å². The van der Waals surface area contributed by atoms with Crippen molar-refractivity contribution in [2.45, 2.75) is 77.7 Å². The van der Waals surface area contributed by atoms with Gasteiger partial charge in [0, 0.05) is 37.2 Å². The van der Waals surface area contributed by atoms with E-state index in [2.05, 4.69) is 15.5 Å². The number of nitrogens with one attached hydrogen (secondary N) is 2. The topological polar surface area (TPSA) is 78.1 Å². The molecule has 30 heavy (non-hydrogen) atoms. The Balaban J connectivity index is 1.09. The van der Waals surface area contributed by atoms with Crippen molar-refractivity contribution in [1.82, 2.24) is 20.4 Å². The maximum absolute atomic E-state index is 13.0. The van der Waals surface area contributed by atoms with Gasteiger partial charge in [-0.3, -0.25) is 14.7 Å². The van der Waals surface area contributed by atoms with E-state index in [1.807, 2.05) is 18.7 Å². The highest BCUT2D eigenvalue weighted by molar-refractivity contribution is 5.80. The number of nitrogens with zero attached hydrogens (tertiary/aromatic N) is 2. The van der Waals surface area contributed by atoms with E-state index >= 15 is 0 Å². The van der Waals surface area contributed by atoms with Crippen molar-refractivity contribution in [3.05, 3.63) is 17.0 Å². The molecule has 2 N–H and O–H groups in total. The molecule has 0 spiro atoms. The Morgan fingerprint density at radius 3 is 2.23 bits per heavy atom. The molecular formula is C24H36N4O2. The van der Waals surface area contributed by atoms with Crippen LogP contribution in [-0.2, 0) is 16.0 Å². The molecule has 6 nitrogen and oxygen atoms in total. The average Bonchev–Trinajstić information content (AvgIpc) is 3.05. The molecule has 164 valence electrons. The number of likely N-dealkylation sites (tertiary alicyclic amines) is 1. The van der Waals surface area contributed by atoms with Crippen LogP contribution in [0.2, 0.25) is 0 Å². The highest BCUT2D eigenvalue weighted by atomic mass is 16.2. The lowest BCUT2D eigenvalue weighted by Crippen LogP contribution is -2.57. The Hall–Kier alpha value is -1.85. The number of carbonyl (C=O) groups excluding carboxylic acids is 2. The second-order valence-electron chi connectivity index (χ2n) is 10.5. The zero-order valence-corrected chi connectivity index (χ0v) is 18.5. The molecule has 2 amide bonds. The molecule has 1 aromatic heterocycles. The van der Waals surface area contributed by atoms with Gasteiger partial charge >= 0.3 is 0 Å². The summed E-state index contributed by atoms with van der Waals surface area (Å²) in [6, 6.07) is 0.423. The summed E-state index contributed by atoms with van der Waals surface area (Å²) < 4.78 is 0. The molecule has 4 aliphatic carbocycles. The summed E-state index contributed by atoms with van der Waals surface area (Å²) in [6.07, 6.45) is 9.64. The van der Waals surface area contributed by atoms with Crippen LogP contribution in [0.4, 0.5) is 0 Å². The van der Waals surface area contributed by atoms with E-state index in [-0.39, 0.29) is 17.7 Å². The highest BCUT2D eigenvalue weighted by Crippen LogP contribution is 2.53. The van der Waals surface area contributed by atoms with E-state index in [1.54, 1.807) is 0 Å². The molecule has 5 fully saturated rings. The molecule has 4 bridgehead atoms. The number of amides is 2. The first-order chi connectivity index (χ1) is 14.5. The van der Waals surface area contributed by atoms with Crippen molar-refractivity contribution in [2.24, 2.45) is 29.6 Å². The van der Waals surface area contributed by atoms with Crippen molar-refractivity contribution in [3.63, 3.8) is 0 Å². The summed E-state index contributed by atoms with van der Waals surface area (Å²) in [7, 11) is 0. The molecule has 5 aliphatic rings. The minimum absolute atomic E-state index is 0.0737. The lowest BCUT2D eigenvalue weighted by Gasteiger charge is -2.54. The molecule has 2 heterocycles. The van der Waals surface area contributed by atoms with Crippen molar-refractivity contribution >= 4 is 11.8 Å². The Labute approximate surface area is 179 Å². The summed E-state index contributed by atoms with van der Waals surface area (Å²) in [4.78, 5) is 27.6. The van der Waals surface area contributed by atoms with Gasteiger partial charge in [-0.2, -0.15) is 5.10 Å². The van der Waals surface area contributed by atoms with E-state index in [9.17, 15) is 9.59 Å². The SMILES string of the molecule is Cc1n[nH]c(C)c1CCC(=O)N1CCC(C(=O)NC2C3CC4CC(C3)CC2C4)CC1. The van der Waals surface area contributed by atoms with Gasteiger partial charge in [-0.05, 0) is 94.4 Å². The molecule has 4 saturated carbocycles. The number of hydrogen-bond donors (Lipinski definition) is 2. The molecule has 6 heteroatoms. The van der Waals surface area contributed by atoms with Gasteiger partial charge in [-0.25, -0.2) is 0 Å². The maximum atomic E-state index is 13.0. The predicted molar refractivity (Wildman–Crippen MR) is 115 cm³/mol. The van der Waals surface area contributed by atoms with Crippen LogP contribution in [0.1, 0.15) is 68.3 Å². The zero-order valence-electron chi connectivity index (χ0n) is 18.5. The normalized spacial score (nSPS) is 33.1. The van der Waals surface area contributed by atoms with Crippen LogP contribution in [0.25, 0.3) is 0 Å². The number of carbonyl (C=O) groups is 2. The minimum atomic E-state index is 0.0737. The van der Waals surface area contributed by atoms with Crippen molar-refractivity contribution in [3.8, 4) is 0 Å². The first kappa shape index (κ1) is 20.1. The zero-order chi connectivity index (χ0) is 20.8. The number of aromatic nitrogens is 2. The van der Waals surface area contributed by atoms with Crippen LogP contribution >= 0.6 is 0 Å². The van der Waals surface area contributed by atoms with Gasteiger partial charge in [-0.15, -0.1) is 0 Å². The van der Waals surface area contributed by atoms with Crippen molar-refractivity contribution < 1.29 is 9.59 Å². The smallest absolute Gasteiger partial charge is 0.223 e. The quantitative estimate of drug-likeness (QED) is 0.780. The maximum Gasteiger partial charge on any atom is 0.223 e. The molecule has 0 unspecified atom stereocenters. The third-order valence-corrected chi connectivity index (χ3v) is 8.62. The van der Waals surface area contributed by atoms with Gasteiger partial charge < -0.3 is 10.2 Å². The summed E-state index contributed by atoms with van der Waals surface area (Å²) >= 11 is 0. The third-order valence-electron chi connectivity index (χ3n) is 8.62. The van der Waals surface area contributed by atoms with E-state index in [1.165, 1.54) is 32.1 Å². The number of rotatable bonds is 5. The molecule has 0 radical (unpaired) electrons. The fourth-order valence-corrected chi connectivity index (χ4v) is 7.17. The number of hydrogen-bond acceptors (Lipinski definition) is 3. The van der Waals surface area contributed by atoms with Gasteiger partial charge in [0.2, 0.25) is 11.8 Å². The fraction of sp³-hybridized carbons (Fsp3) is 0.792. The first-order valence-corrected chi connectivity index (χ1v) is 12.1. The van der Waals surface area contributed by atoms with Crippen LogP contribution in [0, 0.1) is 43.4 Å². The average molecular weight is 413 g/mol. The second-order valence-corrected chi connectivity index (χ2v) is 10.5. The molecule has 1 aromatic rings. The Morgan fingerprint density at radius 1 is 1.03 bits per heavy atom. The Kier molecular flexibility index (Phi) is 5.36. The number of H-pyrrole nitrogens is 1. The summed E-state index contributed by atoms with van der Waals surface area (Å²) in [6.45, 7) is 5.41. The highest BCUT2D eigenvalue weighted by Gasteiger charge is 2.49. The van der Waals surface area contributed by atoms with Crippen molar-refractivity contribution in [2.75, 3.05) is 13.1 Å².